The second-order valence-corrected chi connectivity index (χ2v) is 10.4. The van der Waals surface area contributed by atoms with Crippen molar-refractivity contribution < 1.29 is 10.2 Å². The smallest absolute Gasteiger partial charge is 0.0896 e. The van der Waals surface area contributed by atoms with E-state index in [0.717, 1.165) is 31.3 Å². The lowest BCUT2D eigenvalue weighted by atomic mass is 10.0. The van der Waals surface area contributed by atoms with Gasteiger partial charge in [-0.25, -0.2) is 0 Å². The lowest BCUT2D eigenvalue weighted by molar-refractivity contribution is -0.00170. The highest BCUT2D eigenvalue weighted by molar-refractivity contribution is 7.99. The van der Waals surface area contributed by atoms with Gasteiger partial charge in [0.25, 0.3) is 0 Å². The number of nitrogens with zero attached hydrogens (tertiary/aromatic N) is 6. The van der Waals surface area contributed by atoms with Gasteiger partial charge in [0.05, 0.1) is 24.3 Å². The number of thioether (sulfide) groups is 2. The molecule has 0 spiro atoms. The van der Waals surface area contributed by atoms with E-state index in [2.05, 4.69) is 20.1 Å². The third-order valence-corrected chi connectivity index (χ3v) is 8.01. The molecule has 0 radical (unpaired) electrons. The number of azide groups is 2. The molecular weight excluding hydrogens is 492 g/mol. The largest absolute Gasteiger partial charge is 0.390 e. The fourth-order valence-corrected chi connectivity index (χ4v) is 5.87. The van der Waals surface area contributed by atoms with Gasteiger partial charge in [0.2, 0.25) is 0 Å². The van der Waals surface area contributed by atoms with E-state index in [1.165, 1.54) is 23.5 Å². The fourth-order valence-electron chi connectivity index (χ4n) is 3.87. The fraction of sp³-hybridized carbons (Fsp3) is 0.231. The molecule has 0 saturated heterocycles. The lowest BCUT2D eigenvalue weighted by Crippen LogP contribution is -2.44. The van der Waals surface area contributed by atoms with Gasteiger partial charge in [-0.1, -0.05) is 70.9 Å². The van der Waals surface area contributed by atoms with Crippen molar-refractivity contribution in [3.63, 3.8) is 0 Å². The molecule has 2 N–H and O–H groups in total. The van der Waals surface area contributed by atoms with E-state index in [1.807, 2.05) is 84.9 Å². The van der Waals surface area contributed by atoms with E-state index in [0.29, 0.717) is 0 Å². The Hall–Kier alpha value is -3.36. The number of rotatable bonds is 11. The second-order valence-electron chi connectivity index (χ2n) is 8.17. The van der Waals surface area contributed by atoms with Gasteiger partial charge in [-0.15, -0.1) is 23.5 Å². The van der Waals surface area contributed by atoms with Crippen LogP contribution in [-0.4, -0.2) is 46.0 Å². The Morgan fingerprint density at radius 3 is 1.39 bits per heavy atom. The van der Waals surface area contributed by atoms with E-state index in [1.54, 1.807) is 0 Å². The van der Waals surface area contributed by atoms with Crippen molar-refractivity contribution in [1.82, 2.24) is 0 Å². The highest BCUT2D eigenvalue weighted by atomic mass is 32.2. The maximum absolute atomic E-state index is 10.9. The van der Waals surface area contributed by atoms with Crippen LogP contribution < -0.4 is 0 Å². The van der Waals surface area contributed by atoms with Crippen LogP contribution in [0.25, 0.3) is 42.4 Å². The number of fused-ring (bicyclic) bond motifs is 2. The maximum atomic E-state index is 10.9. The summed E-state index contributed by atoms with van der Waals surface area (Å²) in [5, 5.41) is 33.6. The molecule has 0 aromatic heterocycles. The molecule has 4 aromatic carbocycles. The van der Waals surface area contributed by atoms with E-state index in [9.17, 15) is 10.2 Å². The molecule has 8 nitrogen and oxygen atoms in total. The van der Waals surface area contributed by atoms with Gasteiger partial charge in [-0.2, -0.15) is 0 Å². The molecule has 0 unspecified atom stereocenters. The summed E-state index contributed by atoms with van der Waals surface area (Å²) in [4.78, 5) is 7.62. The molecule has 4 rings (SSSR count). The summed E-state index contributed by atoms with van der Waals surface area (Å²) in [5.74, 6) is 0.503. The summed E-state index contributed by atoms with van der Waals surface area (Å²) in [6.45, 7) is 0. The van der Waals surface area contributed by atoms with Crippen LogP contribution in [0.1, 0.15) is 0 Å². The first kappa shape index (κ1) is 25.7. The van der Waals surface area contributed by atoms with Crippen LogP contribution in [0.4, 0.5) is 0 Å². The highest BCUT2D eigenvalue weighted by Gasteiger charge is 2.31. The molecule has 0 amide bonds. The molecule has 0 aliphatic rings. The minimum absolute atomic E-state index is 0.251. The van der Waals surface area contributed by atoms with Gasteiger partial charge in [-0.3, -0.25) is 0 Å². The first-order valence-electron chi connectivity index (χ1n) is 11.3. The first-order chi connectivity index (χ1) is 17.6. The van der Waals surface area contributed by atoms with Crippen molar-refractivity contribution in [1.29, 1.82) is 0 Å². The molecule has 0 aliphatic heterocycles. The van der Waals surface area contributed by atoms with Gasteiger partial charge < -0.3 is 10.2 Å². The Kier molecular flexibility index (Phi) is 8.97. The average Bonchev–Trinajstić information content (AvgIpc) is 2.92. The van der Waals surface area contributed by atoms with Crippen molar-refractivity contribution in [3.8, 4) is 0 Å². The highest BCUT2D eigenvalue weighted by Crippen LogP contribution is 2.28. The van der Waals surface area contributed by atoms with Crippen molar-refractivity contribution in [2.24, 2.45) is 10.2 Å². The van der Waals surface area contributed by atoms with Gasteiger partial charge in [0, 0.05) is 31.1 Å². The molecule has 0 bridgehead atoms. The Balaban J connectivity index is 1.43. The van der Waals surface area contributed by atoms with Crippen LogP contribution in [0.5, 0.6) is 0 Å². The third kappa shape index (κ3) is 6.44. The second kappa shape index (κ2) is 12.6. The number of hydrogen-bond acceptors (Lipinski definition) is 6. The molecule has 4 atom stereocenters. The van der Waals surface area contributed by atoms with Crippen LogP contribution in [0.2, 0.25) is 0 Å². The van der Waals surface area contributed by atoms with Gasteiger partial charge in [0.15, 0.2) is 0 Å². The summed E-state index contributed by atoms with van der Waals surface area (Å²) >= 11 is 2.84. The van der Waals surface area contributed by atoms with Crippen LogP contribution >= 0.6 is 23.5 Å². The van der Waals surface area contributed by atoms with Crippen molar-refractivity contribution in [3.05, 3.63) is 106 Å². The molecule has 182 valence electrons. The van der Waals surface area contributed by atoms with Gasteiger partial charge >= 0.3 is 0 Å². The summed E-state index contributed by atoms with van der Waals surface area (Å²) in [6, 6.07) is 26.1. The zero-order valence-corrected chi connectivity index (χ0v) is 20.8. The summed E-state index contributed by atoms with van der Waals surface area (Å²) < 4.78 is 0. The Morgan fingerprint density at radius 2 is 1.00 bits per heavy atom. The van der Waals surface area contributed by atoms with E-state index in [4.69, 9.17) is 11.1 Å². The first-order valence-corrected chi connectivity index (χ1v) is 13.2. The quantitative estimate of drug-likeness (QED) is 0.0963. The van der Waals surface area contributed by atoms with Crippen molar-refractivity contribution >= 4 is 45.1 Å². The minimum atomic E-state index is -1.40. The van der Waals surface area contributed by atoms with Crippen molar-refractivity contribution in [2.75, 3.05) is 11.5 Å². The van der Waals surface area contributed by atoms with E-state index in [-0.39, 0.29) is 11.5 Å². The van der Waals surface area contributed by atoms with Gasteiger partial charge in [0.1, 0.15) is 0 Å². The zero-order chi connectivity index (χ0) is 25.3. The molecular formula is C26H24N6O2S2. The van der Waals surface area contributed by atoms with Crippen LogP contribution in [-0.2, 0) is 0 Å². The number of aliphatic hydroxyl groups is 2. The molecule has 4 aromatic rings. The summed E-state index contributed by atoms with van der Waals surface area (Å²) in [7, 11) is 0. The van der Waals surface area contributed by atoms with Gasteiger partial charge in [-0.05, 0) is 56.9 Å². The summed E-state index contributed by atoms with van der Waals surface area (Å²) in [6.07, 6.45) is -2.80. The Morgan fingerprint density at radius 1 is 0.611 bits per heavy atom. The Bertz CT molecular complexity index is 1330. The average molecular weight is 517 g/mol. The third-order valence-electron chi connectivity index (χ3n) is 5.82. The van der Waals surface area contributed by atoms with E-state index < -0.39 is 24.3 Å². The SMILES string of the molecule is [N-]=[N+]=N[C@H](CSc1ccc2ccccc2c1)[C@@H](O)[C@H](O)[C@@H](CSc1ccc2ccccc2c1)N=[N+]=[N-]. The summed E-state index contributed by atoms with van der Waals surface area (Å²) in [5.41, 5.74) is 18.1. The van der Waals surface area contributed by atoms with Crippen LogP contribution in [0.3, 0.4) is 0 Å². The van der Waals surface area contributed by atoms with E-state index >= 15 is 0 Å². The molecule has 10 heteroatoms. The Labute approximate surface area is 216 Å². The van der Waals surface area contributed by atoms with Crippen LogP contribution in [0, 0.1) is 0 Å². The predicted molar refractivity (Wildman–Crippen MR) is 147 cm³/mol. The number of benzene rings is 4. The number of aliphatic hydroxyl groups excluding tert-OH is 2. The monoisotopic (exact) mass is 516 g/mol. The van der Waals surface area contributed by atoms with Crippen LogP contribution in [0.15, 0.2) is 105 Å². The molecule has 0 saturated carbocycles. The van der Waals surface area contributed by atoms with Crippen molar-refractivity contribution in [2.45, 2.75) is 34.1 Å². The lowest BCUT2D eigenvalue weighted by Gasteiger charge is -2.27. The maximum Gasteiger partial charge on any atom is 0.0896 e. The minimum Gasteiger partial charge on any atom is -0.390 e. The zero-order valence-electron chi connectivity index (χ0n) is 19.2. The molecule has 36 heavy (non-hydrogen) atoms. The standard InChI is InChI=1S/C26H24N6O2S2/c27-31-29-23(15-35-21-11-9-17-5-1-3-7-19(17)13-21)25(33)26(34)24(30-32-28)16-36-22-12-10-18-6-2-4-8-20(18)14-22/h1-14,23-26,33-34H,15-16H2/t23-,24-,25-,26-/m1/s1. The predicted octanol–water partition coefficient (Wildman–Crippen LogP) is 6.96. The molecule has 0 aliphatic carbocycles. The normalized spacial score (nSPS) is 14.4. The molecule has 0 fully saturated rings. The number of hydrogen-bond donors (Lipinski definition) is 2. The molecule has 0 heterocycles. The topological polar surface area (TPSA) is 138 Å².